The van der Waals surface area contributed by atoms with Gasteiger partial charge < -0.3 is 10.5 Å². The fourth-order valence-electron chi connectivity index (χ4n) is 1.34. The molecule has 0 aliphatic rings. The van der Waals surface area contributed by atoms with Crippen molar-refractivity contribution >= 4 is 17.9 Å². The zero-order chi connectivity index (χ0) is 13.7. The molecule has 8 heteroatoms. The Kier molecular flexibility index (Phi) is 3.72. The first kappa shape index (κ1) is 12.6. The Morgan fingerprint density at radius 1 is 1.47 bits per heavy atom. The molecule has 8 nitrogen and oxygen atoms in total. The molecule has 0 saturated carbocycles. The third kappa shape index (κ3) is 2.86. The van der Waals surface area contributed by atoms with Gasteiger partial charge in [0, 0.05) is 5.56 Å². The van der Waals surface area contributed by atoms with Crippen LogP contribution in [-0.2, 0) is 0 Å². The third-order valence-electron chi connectivity index (χ3n) is 2.24. The molecule has 0 saturated heterocycles. The number of para-hydroxylation sites is 1. The molecule has 3 N–H and O–H groups in total. The molecule has 1 amide bonds. The summed E-state index contributed by atoms with van der Waals surface area (Å²) in [4.78, 5) is 11.6. The monoisotopic (exact) mass is 261 g/mol. The van der Waals surface area contributed by atoms with Crippen molar-refractivity contribution in [2.45, 2.75) is 0 Å². The Labute approximate surface area is 108 Å². The maximum atomic E-state index is 11.6. The minimum Gasteiger partial charge on any atom is -0.496 e. The molecule has 0 aliphatic carbocycles. The second-order valence-corrected chi connectivity index (χ2v) is 3.44. The average Bonchev–Trinajstić information content (AvgIpc) is 2.85. The van der Waals surface area contributed by atoms with Gasteiger partial charge in [-0.25, -0.2) is 10.1 Å². The number of methoxy groups -OCH3 is 1. The average molecular weight is 261 g/mol. The number of nitrogens with one attached hydrogen (secondary N) is 1. The summed E-state index contributed by atoms with van der Waals surface area (Å²) in [6.45, 7) is 0. The summed E-state index contributed by atoms with van der Waals surface area (Å²) >= 11 is 0. The first-order chi connectivity index (χ1) is 9.22. The van der Waals surface area contributed by atoms with Gasteiger partial charge in [0.25, 0.3) is 5.91 Å². The normalized spacial score (nSPS) is 10.6. The predicted octanol–water partition coefficient (Wildman–Crippen LogP) is 0.424. The quantitative estimate of drug-likeness (QED) is 0.608. The summed E-state index contributed by atoms with van der Waals surface area (Å²) in [5.74, 6) is -0.0574. The Morgan fingerprint density at radius 2 is 2.26 bits per heavy atom. The van der Waals surface area contributed by atoms with E-state index in [1.165, 1.54) is 6.21 Å². The van der Waals surface area contributed by atoms with Crippen LogP contribution in [0.2, 0.25) is 0 Å². The van der Waals surface area contributed by atoms with Crippen LogP contribution >= 0.6 is 0 Å². The molecular weight excluding hydrogens is 250 g/mol. The van der Waals surface area contributed by atoms with Crippen molar-refractivity contribution in [1.82, 2.24) is 15.7 Å². The molecule has 0 fully saturated rings. The van der Waals surface area contributed by atoms with Gasteiger partial charge in [0.15, 0.2) is 0 Å². The number of nitrogens with two attached hydrogens (primary N) is 1. The SMILES string of the molecule is COc1ccccc1C=NNC(=O)c1nonc1N. The van der Waals surface area contributed by atoms with E-state index in [2.05, 4.69) is 25.5 Å². The summed E-state index contributed by atoms with van der Waals surface area (Å²) in [7, 11) is 1.55. The Balaban J connectivity index is 2.04. The van der Waals surface area contributed by atoms with Crippen LogP contribution in [0.15, 0.2) is 34.0 Å². The summed E-state index contributed by atoms with van der Waals surface area (Å²) < 4.78 is 9.44. The number of hydrazone groups is 1. The topological polar surface area (TPSA) is 116 Å². The van der Waals surface area contributed by atoms with Crippen molar-refractivity contribution in [2.24, 2.45) is 5.10 Å². The number of carbonyl (C=O) groups is 1. The van der Waals surface area contributed by atoms with Gasteiger partial charge >= 0.3 is 0 Å². The fraction of sp³-hybridized carbons (Fsp3) is 0.0909. The van der Waals surface area contributed by atoms with Crippen molar-refractivity contribution in [2.75, 3.05) is 12.8 Å². The van der Waals surface area contributed by atoms with E-state index in [9.17, 15) is 4.79 Å². The molecule has 98 valence electrons. The number of hydrogen-bond acceptors (Lipinski definition) is 7. The Bertz CT molecular complexity index is 608. The van der Waals surface area contributed by atoms with Gasteiger partial charge in [0.2, 0.25) is 11.5 Å². The van der Waals surface area contributed by atoms with Gasteiger partial charge in [-0.1, -0.05) is 12.1 Å². The summed E-state index contributed by atoms with van der Waals surface area (Å²) in [6.07, 6.45) is 1.44. The minimum absolute atomic E-state index is 0.0926. The lowest BCUT2D eigenvalue weighted by molar-refractivity contribution is 0.0946. The summed E-state index contributed by atoms with van der Waals surface area (Å²) in [6, 6.07) is 7.23. The fourth-order valence-corrected chi connectivity index (χ4v) is 1.34. The van der Waals surface area contributed by atoms with Crippen molar-refractivity contribution in [1.29, 1.82) is 0 Å². The van der Waals surface area contributed by atoms with Crippen LogP contribution in [0.25, 0.3) is 0 Å². The van der Waals surface area contributed by atoms with E-state index in [0.29, 0.717) is 5.75 Å². The van der Waals surface area contributed by atoms with Crippen LogP contribution in [0.1, 0.15) is 16.1 Å². The number of hydrogen-bond donors (Lipinski definition) is 2. The molecule has 0 spiro atoms. The maximum Gasteiger partial charge on any atom is 0.297 e. The van der Waals surface area contributed by atoms with Crippen LogP contribution in [0.5, 0.6) is 5.75 Å². The van der Waals surface area contributed by atoms with E-state index in [-0.39, 0.29) is 11.5 Å². The van der Waals surface area contributed by atoms with E-state index in [4.69, 9.17) is 10.5 Å². The van der Waals surface area contributed by atoms with E-state index in [0.717, 1.165) is 5.56 Å². The minimum atomic E-state index is -0.607. The molecule has 0 radical (unpaired) electrons. The molecule has 1 aromatic heterocycles. The number of carbonyl (C=O) groups excluding carboxylic acids is 1. The van der Waals surface area contributed by atoms with Crippen molar-refractivity contribution in [3.05, 3.63) is 35.5 Å². The molecule has 2 aromatic rings. The number of anilines is 1. The number of aromatic nitrogens is 2. The lowest BCUT2D eigenvalue weighted by Gasteiger charge is -2.02. The van der Waals surface area contributed by atoms with Gasteiger partial charge in [-0.15, -0.1) is 0 Å². The zero-order valence-corrected chi connectivity index (χ0v) is 10.0. The molecule has 19 heavy (non-hydrogen) atoms. The molecule has 2 rings (SSSR count). The predicted molar refractivity (Wildman–Crippen MR) is 66.8 cm³/mol. The van der Waals surface area contributed by atoms with Gasteiger partial charge in [0.05, 0.1) is 13.3 Å². The van der Waals surface area contributed by atoms with Crippen LogP contribution < -0.4 is 15.9 Å². The lowest BCUT2D eigenvalue weighted by atomic mass is 10.2. The second-order valence-electron chi connectivity index (χ2n) is 3.44. The Morgan fingerprint density at radius 3 is 2.95 bits per heavy atom. The van der Waals surface area contributed by atoms with Crippen LogP contribution in [0.4, 0.5) is 5.82 Å². The van der Waals surface area contributed by atoms with Gasteiger partial charge in [-0.2, -0.15) is 5.10 Å². The number of nitrogen functional groups attached to an aromatic ring is 1. The second kappa shape index (κ2) is 5.63. The van der Waals surface area contributed by atoms with E-state index >= 15 is 0 Å². The largest absolute Gasteiger partial charge is 0.496 e. The molecule has 0 atom stereocenters. The zero-order valence-electron chi connectivity index (χ0n) is 10.0. The molecular formula is C11H11N5O3. The smallest absolute Gasteiger partial charge is 0.297 e. The number of ether oxygens (including phenoxy) is 1. The van der Waals surface area contributed by atoms with Gasteiger partial charge in [-0.05, 0) is 22.4 Å². The number of amides is 1. The highest BCUT2D eigenvalue weighted by atomic mass is 16.6. The maximum absolute atomic E-state index is 11.6. The molecule has 1 aromatic carbocycles. The van der Waals surface area contributed by atoms with Crippen LogP contribution in [0, 0.1) is 0 Å². The van der Waals surface area contributed by atoms with Crippen molar-refractivity contribution in [3.8, 4) is 5.75 Å². The molecule has 0 unspecified atom stereocenters. The number of nitrogens with zero attached hydrogens (tertiary/aromatic N) is 3. The lowest BCUT2D eigenvalue weighted by Crippen LogP contribution is -2.19. The standard InChI is InChI=1S/C11H11N5O3/c1-18-8-5-3-2-4-7(8)6-13-14-11(17)9-10(12)16-19-15-9/h2-6H,1H3,(H2,12,16)(H,14,17). The highest BCUT2D eigenvalue weighted by molar-refractivity contribution is 5.96. The highest BCUT2D eigenvalue weighted by Gasteiger charge is 2.14. The van der Waals surface area contributed by atoms with Crippen molar-refractivity contribution in [3.63, 3.8) is 0 Å². The van der Waals surface area contributed by atoms with Gasteiger partial charge in [0.1, 0.15) is 5.75 Å². The summed E-state index contributed by atoms with van der Waals surface area (Å²) in [5, 5.41) is 10.4. The first-order valence-electron chi connectivity index (χ1n) is 5.27. The third-order valence-corrected chi connectivity index (χ3v) is 2.24. The van der Waals surface area contributed by atoms with E-state index < -0.39 is 5.91 Å². The Hall–Kier alpha value is -2.90. The summed E-state index contributed by atoms with van der Waals surface area (Å²) in [5.41, 5.74) is 8.23. The van der Waals surface area contributed by atoms with Crippen molar-refractivity contribution < 1.29 is 14.2 Å². The van der Waals surface area contributed by atoms with Crippen LogP contribution in [0.3, 0.4) is 0 Å². The number of benzene rings is 1. The molecule has 1 heterocycles. The van der Waals surface area contributed by atoms with E-state index in [1.54, 1.807) is 19.2 Å². The van der Waals surface area contributed by atoms with E-state index in [1.807, 2.05) is 12.1 Å². The van der Waals surface area contributed by atoms with Crippen LogP contribution in [-0.4, -0.2) is 29.5 Å². The van der Waals surface area contributed by atoms with Gasteiger partial charge in [-0.3, -0.25) is 4.79 Å². The highest BCUT2D eigenvalue weighted by Crippen LogP contribution is 2.14. The molecule has 0 aliphatic heterocycles. The first-order valence-corrected chi connectivity index (χ1v) is 5.27. The molecule has 0 bridgehead atoms. The number of rotatable bonds is 4.